The fourth-order valence-electron chi connectivity index (χ4n) is 2.08. The van der Waals surface area contributed by atoms with Crippen LogP contribution in [0.5, 0.6) is 0 Å². The molecule has 0 fully saturated rings. The summed E-state index contributed by atoms with van der Waals surface area (Å²) in [4.78, 5) is 37.9. The van der Waals surface area contributed by atoms with Crippen molar-refractivity contribution in [1.29, 1.82) is 0 Å². The number of H-pyrrole nitrogens is 1. The second-order valence-electron chi connectivity index (χ2n) is 4.92. The van der Waals surface area contributed by atoms with Gasteiger partial charge in [-0.1, -0.05) is 34.9 Å². The molecule has 0 aromatic carbocycles. The molecule has 11 heteroatoms. The van der Waals surface area contributed by atoms with Gasteiger partial charge in [0.2, 0.25) is 5.91 Å². The molecular weight excluding hydrogens is 384 g/mol. The Bertz CT molecular complexity index is 815. The number of amides is 1. The lowest BCUT2D eigenvalue weighted by Gasteiger charge is -2.00. The summed E-state index contributed by atoms with van der Waals surface area (Å²) < 4.78 is 5.97. The van der Waals surface area contributed by atoms with E-state index in [1.807, 2.05) is 0 Å². The molecule has 25 heavy (non-hydrogen) atoms. The number of aryl methyl sites for hydroxylation is 1. The molecule has 2 aromatic heterocycles. The van der Waals surface area contributed by atoms with Gasteiger partial charge in [-0.3, -0.25) is 9.59 Å². The van der Waals surface area contributed by atoms with Crippen LogP contribution in [-0.4, -0.2) is 51.5 Å². The molecule has 0 atom stereocenters. The molecule has 0 aliphatic rings. The van der Waals surface area contributed by atoms with Gasteiger partial charge >= 0.3 is 5.97 Å². The SMILES string of the molecule is COC(=O)c1c(C)[nH]c(C(=O)CSc2nnc(SCC(N)=O)s2)c1C. The summed E-state index contributed by atoms with van der Waals surface area (Å²) in [6.07, 6.45) is 0. The van der Waals surface area contributed by atoms with Crippen molar-refractivity contribution in [3.05, 3.63) is 22.5 Å². The Morgan fingerprint density at radius 3 is 2.32 bits per heavy atom. The molecule has 0 radical (unpaired) electrons. The summed E-state index contributed by atoms with van der Waals surface area (Å²) in [5, 5.41) is 7.90. The minimum absolute atomic E-state index is 0.134. The van der Waals surface area contributed by atoms with Crippen molar-refractivity contribution < 1.29 is 19.1 Å². The van der Waals surface area contributed by atoms with Crippen molar-refractivity contribution in [2.24, 2.45) is 5.73 Å². The molecule has 2 aromatic rings. The van der Waals surface area contributed by atoms with Crippen LogP contribution in [0.3, 0.4) is 0 Å². The van der Waals surface area contributed by atoms with Crippen molar-refractivity contribution in [2.45, 2.75) is 22.5 Å². The molecule has 0 unspecified atom stereocenters. The topological polar surface area (TPSA) is 128 Å². The highest BCUT2D eigenvalue weighted by molar-refractivity contribution is 8.03. The van der Waals surface area contributed by atoms with Gasteiger partial charge in [0.25, 0.3) is 0 Å². The van der Waals surface area contributed by atoms with Gasteiger partial charge in [0, 0.05) is 5.69 Å². The summed E-state index contributed by atoms with van der Waals surface area (Å²) in [6, 6.07) is 0. The number of esters is 1. The zero-order valence-corrected chi connectivity index (χ0v) is 16.2. The Kier molecular flexibility index (Phi) is 6.62. The predicted octanol–water partition coefficient (Wildman–Crippen LogP) is 1.82. The monoisotopic (exact) mass is 400 g/mol. The zero-order chi connectivity index (χ0) is 18.6. The van der Waals surface area contributed by atoms with Crippen LogP contribution in [0.2, 0.25) is 0 Å². The molecule has 0 saturated carbocycles. The van der Waals surface area contributed by atoms with Crippen LogP contribution < -0.4 is 5.73 Å². The summed E-state index contributed by atoms with van der Waals surface area (Å²) >= 11 is 3.75. The molecule has 0 saturated heterocycles. The minimum Gasteiger partial charge on any atom is -0.465 e. The van der Waals surface area contributed by atoms with E-state index in [9.17, 15) is 14.4 Å². The first-order chi connectivity index (χ1) is 11.8. The van der Waals surface area contributed by atoms with Gasteiger partial charge in [0.1, 0.15) is 0 Å². The summed E-state index contributed by atoms with van der Waals surface area (Å²) in [7, 11) is 1.30. The number of ether oxygens (including phenoxy) is 1. The zero-order valence-electron chi connectivity index (χ0n) is 13.7. The number of nitrogens with one attached hydrogen (secondary N) is 1. The van der Waals surface area contributed by atoms with Crippen LogP contribution in [0, 0.1) is 13.8 Å². The van der Waals surface area contributed by atoms with Crippen LogP contribution in [0.1, 0.15) is 32.1 Å². The number of ketones is 1. The van der Waals surface area contributed by atoms with Crippen LogP contribution in [0.4, 0.5) is 0 Å². The van der Waals surface area contributed by atoms with E-state index in [1.165, 1.54) is 42.0 Å². The number of nitrogens with zero attached hydrogens (tertiary/aromatic N) is 2. The normalized spacial score (nSPS) is 10.7. The van der Waals surface area contributed by atoms with Gasteiger partial charge in [0.15, 0.2) is 14.5 Å². The number of hydrogen-bond acceptors (Lipinski definition) is 9. The minimum atomic E-state index is -0.474. The Morgan fingerprint density at radius 1 is 1.16 bits per heavy atom. The van der Waals surface area contributed by atoms with Crippen molar-refractivity contribution in [2.75, 3.05) is 18.6 Å². The third-order valence-electron chi connectivity index (χ3n) is 3.16. The van der Waals surface area contributed by atoms with Crippen LogP contribution in [0.25, 0.3) is 0 Å². The number of primary amides is 1. The number of nitrogens with two attached hydrogens (primary N) is 1. The van der Waals surface area contributed by atoms with E-state index in [0.717, 1.165) is 0 Å². The van der Waals surface area contributed by atoms with Gasteiger partial charge in [-0.2, -0.15) is 0 Å². The molecule has 0 aliphatic carbocycles. The first kappa shape index (κ1) is 19.5. The van der Waals surface area contributed by atoms with Crippen molar-refractivity contribution >= 4 is 52.5 Å². The van der Waals surface area contributed by atoms with Crippen LogP contribution in [0.15, 0.2) is 8.68 Å². The molecular formula is C14H16N4O4S3. The third kappa shape index (κ3) is 4.83. The molecule has 0 spiro atoms. The molecule has 0 bridgehead atoms. The van der Waals surface area contributed by atoms with Gasteiger partial charge in [-0.05, 0) is 19.4 Å². The van der Waals surface area contributed by atoms with E-state index in [1.54, 1.807) is 13.8 Å². The van der Waals surface area contributed by atoms with Crippen LogP contribution in [-0.2, 0) is 9.53 Å². The van der Waals surface area contributed by atoms with Crippen molar-refractivity contribution in [1.82, 2.24) is 15.2 Å². The smallest absolute Gasteiger partial charge is 0.339 e. The fraction of sp³-hybridized carbons (Fsp3) is 0.357. The highest BCUT2D eigenvalue weighted by atomic mass is 32.2. The van der Waals surface area contributed by atoms with E-state index in [4.69, 9.17) is 10.5 Å². The lowest BCUT2D eigenvalue weighted by Crippen LogP contribution is -2.12. The highest BCUT2D eigenvalue weighted by Crippen LogP contribution is 2.29. The summed E-state index contributed by atoms with van der Waals surface area (Å²) in [5.74, 6) is -0.768. The van der Waals surface area contributed by atoms with Gasteiger partial charge in [-0.25, -0.2) is 4.79 Å². The second kappa shape index (κ2) is 8.50. The standard InChI is InChI=1S/C14H16N4O4S3/c1-6-10(12(21)22-3)7(2)16-11(6)8(19)4-23-13-17-18-14(25-13)24-5-9(15)20/h16H,4-5H2,1-3H3,(H2,15,20). The number of hydrogen-bond donors (Lipinski definition) is 2. The number of carbonyl (C=O) groups is 3. The van der Waals surface area contributed by atoms with Gasteiger partial charge in [0.05, 0.1) is 29.9 Å². The van der Waals surface area contributed by atoms with E-state index < -0.39 is 11.9 Å². The third-order valence-corrected chi connectivity index (χ3v) is 6.37. The van der Waals surface area contributed by atoms with Gasteiger partial charge < -0.3 is 15.5 Å². The van der Waals surface area contributed by atoms with E-state index in [2.05, 4.69) is 15.2 Å². The Balaban J connectivity index is 2.01. The van der Waals surface area contributed by atoms with Crippen LogP contribution >= 0.6 is 34.9 Å². The number of carbonyl (C=O) groups excluding carboxylic acids is 3. The lowest BCUT2D eigenvalue weighted by atomic mass is 10.1. The molecule has 1 amide bonds. The maximum atomic E-state index is 12.4. The average molecular weight is 401 g/mol. The van der Waals surface area contributed by atoms with E-state index in [-0.39, 0.29) is 17.3 Å². The van der Waals surface area contributed by atoms with Crippen molar-refractivity contribution in [3.8, 4) is 0 Å². The maximum absolute atomic E-state index is 12.4. The molecule has 3 N–H and O–H groups in total. The second-order valence-corrected chi connectivity index (χ2v) is 8.34. The Morgan fingerprint density at radius 2 is 1.76 bits per heavy atom. The quantitative estimate of drug-likeness (QED) is 0.390. The largest absolute Gasteiger partial charge is 0.465 e. The lowest BCUT2D eigenvalue weighted by molar-refractivity contribution is -0.115. The first-order valence-corrected chi connectivity index (χ1v) is 9.80. The number of Topliss-reactive ketones (excluding diaryl/α,β-unsaturated/α-hetero) is 1. The molecule has 2 heterocycles. The molecule has 134 valence electrons. The molecule has 0 aliphatic heterocycles. The summed E-state index contributed by atoms with van der Waals surface area (Å²) in [6.45, 7) is 3.42. The number of thioether (sulfide) groups is 2. The number of aromatic nitrogens is 3. The first-order valence-electron chi connectivity index (χ1n) is 7.01. The number of aromatic amines is 1. The van der Waals surface area contributed by atoms with Crippen molar-refractivity contribution in [3.63, 3.8) is 0 Å². The number of methoxy groups -OCH3 is 1. The fourth-order valence-corrected chi connectivity index (χ4v) is 4.71. The van der Waals surface area contributed by atoms with Gasteiger partial charge in [-0.15, -0.1) is 10.2 Å². The average Bonchev–Trinajstić information content (AvgIpc) is 3.14. The number of rotatable bonds is 8. The predicted molar refractivity (Wildman–Crippen MR) is 96.5 cm³/mol. The molecule has 8 nitrogen and oxygen atoms in total. The summed E-state index contributed by atoms with van der Waals surface area (Å²) in [5.41, 5.74) is 7.02. The molecule has 2 rings (SSSR count). The highest BCUT2D eigenvalue weighted by Gasteiger charge is 2.22. The van der Waals surface area contributed by atoms with E-state index in [0.29, 0.717) is 31.2 Å². The Hall–Kier alpha value is -1.85. The Labute approximate surface area is 156 Å². The van der Waals surface area contributed by atoms with E-state index >= 15 is 0 Å². The maximum Gasteiger partial charge on any atom is 0.339 e.